The summed E-state index contributed by atoms with van der Waals surface area (Å²) in [5.41, 5.74) is 0.728. The number of nitrogens with zero attached hydrogens (tertiary/aromatic N) is 1. The summed E-state index contributed by atoms with van der Waals surface area (Å²) in [5.74, 6) is -0.213. The molecule has 0 aliphatic carbocycles. The minimum Gasteiger partial charge on any atom is -0.317 e. The van der Waals surface area contributed by atoms with Gasteiger partial charge in [0.25, 0.3) is 0 Å². The van der Waals surface area contributed by atoms with Crippen LogP contribution in [0.15, 0.2) is 18.5 Å². The summed E-state index contributed by atoms with van der Waals surface area (Å²) < 4.78 is 12.9. The lowest BCUT2D eigenvalue weighted by molar-refractivity contribution is 0.595. The maximum atomic E-state index is 12.9. The van der Waals surface area contributed by atoms with Gasteiger partial charge in [-0.05, 0) is 31.1 Å². The predicted octanol–water partition coefficient (Wildman–Crippen LogP) is 1.37. The maximum Gasteiger partial charge on any atom is 0.144 e. The van der Waals surface area contributed by atoms with E-state index in [-0.39, 0.29) is 5.82 Å². The molecular weight excluding hydrogens is 155 g/mol. The Morgan fingerprint density at radius 3 is 3.08 bits per heavy atom. The van der Waals surface area contributed by atoms with Gasteiger partial charge in [0, 0.05) is 6.20 Å². The van der Waals surface area contributed by atoms with E-state index in [9.17, 15) is 4.39 Å². The van der Waals surface area contributed by atoms with Crippen LogP contribution in [0.1, 0.15) is 12.5 Å². The molecule has 66 valence electrons. The average Bonchev–Trinajstić information content (AvgIpc) is 2.09. The van der Waals surface area contributed by atoms with Crippen LogP contribution in [-0.4, -0.2) is 18.1 Å². The number of aromatic nitrogens is 1. The average molecular weight is 168 g/mol. The van der Waals surface area contributed by atoms with E-state index in [4.69, 9.17) is 0 Å². The van der Waals surface area contributed by atoms with Gasteiger partial charge in [-0.2, -0.15) is 0 Å². The lowest BCUT2D eigenvalue weighted by Gasteiger charge is -2.02. The number of nitrogens with one attached hydrogen (secondary N) is 1. The van der Waals surface area contributed by atoms with Crippen LogP contribution in [0, 0.1) is 5.82 Å². The number of rotatable bonds is 4. The molecule has 1 rings (SSSR count). The molecule has 0 aromatic carbocycles. The predicted molar refractivity (Wildman–Crippen MR) is 46.4 cm³/mol. The van der Waals surface area contributed by atoms with Gasteiger partial charge in [-0.15, -0.1) is 0 Å². The first-order chi connectivity index (χ1) is 5.84. The summed E-state index contributed by atoms with van der Waals surface area (Å²) in [5, 5.41) is 3.14. The Morgan fingerprint density at radius 2 is 2.42 bits per heavy atom. The van der Waals surface area contributed by atoms with Crippen molar-refractivity contribution < 1.29 is 4.39 Å². The van der Waals surface area contributed by atoms with Crippen molar-refractivity contribution in [2.24, 2.45) is 0 Å². The summed E-state index contributed by atoms with van der Waals surface area (Å²) in [6.07, 6.45) is 3.59. The van der Waals surface area contributed by atoms with Crippen molar-refractivity contribution in [2.45, 2.75) is 13.3 Å². The molecule has 0 bridgehead atoms. The van der Waals surface area contributed by atoms with Crippen LogP contribution in [0.4, 0.5) is 4.39 Å². The lowest BCUT2D eigenvalue weighted by atomic mass is 10.2. The molecule has 1 N–H and O–H groups in total. The van der Waals surface area contributed by atoms with Gasteiger partial charge in [0.1, 0.15) is 5.82 Å². The van der Waals surface area contributed by atoms with E-state index in [2.05, 4.69) is 10.3 Å². The highest BCUT2D eigenvalue weighted by Crippen LogP contribution is 2.03. The van der Waals surface area contributed by atoms with Gasteiger partial charge in [-0.1, -0.05) is 6.92 Å². The quantitative estimate of drug-likeness (QED) is 0.687. The zero-order valence-electron chi connectivity index (χ0n) is 7.18. The minimum absolute atomic E-state index is 0.213. The van der Waals surface area contributed by atoms with Gasteiger partial charge in [-0.3, -0.25) is 4.98 Å². The van der Waals surface area contributed by atoms with Gasteiger partial charge in [0.15, 0.2) is 0 Å². The number of hydrogen-bond donors (Lipinski definition) is 1. The van der Waals surface area contributed by atoms with Crippen molar-refractivity contribution in [1.29, 1.82) is 0 Å². The molecule has 0 atom stereocenters. The summed E-state index contributed by atoms with van der Waals surface area (Å²) >= 11 is 0. The number of hydrogen-bond acceptors (Lipinski definition) is 2. The molecule has 1 aromatic heterocycles. The third-order valence-electron chi connectivity index (χ3n) is 1.68. The molecule has 3 heteroatoms. The normalized spacial score (nSPS) is 10.2. The Morgan fingerprint density at radius 1 is 1.58 bits per heavy atom. The Bertz CT molecular complexity index is 238. The van der Waals surface area contributed by atoms with E-state index in [1.54, 1.807) is 12.3 Å². The molecule has 0 amide bonds. The van der Waals surface area contributed by atoms with Gasteiger partial charge in [0.05, 0.1) is 6.20 Å². The molecule has 0 aliphatic heterocycles. The Balaban J connectivity index is 2.46. The van der Waals surface area contributed by atoms with Crippen molar-refractivity contribution in [2.75, 3.05) is 13.1 Å². The fourth-order valence-electron chi connectivity index (χ4n) is 1.01. The zero-order chi connectivity index (χ0) is 8.81. The summed E-state index contributed by atoms with van der Waals surface area (Å²) in [6, 6.07) is 1.71. The Hall–Kier alpha value is -0.960. The first-order valence-corrected chi connectivity index (χ1v) is 4.13. The smallest absolute Gasteiger partial charge is 0.144 e. The number of pyridine rings is 1. The summed E-state index contributed by atoms with van der Waals surface area (Å²) in [6.45, 7) is 3.77. The number of likely N-dealkylation sites (N-methyl/N-ethyl adjacent to an activating group) is 1. The zero-order valence-corrected chi connectivity index (χ0v) is 7.18. The van der Waals surface area contributed by atoms with E-state index in [0.29, 0.717) is 0 Å². The molecular formula is C9H13FN2. The summed E-state index contributed by atoms with van der Waals surface area (Å²) in [7, 11) is 0. The molecule has 2 nitrogen and oxygen atoms in total. The molecule has 0 aliphatic rings. The van der Waals surface area contributed by atoms with Gasteiger partial charge in [-0.25, -0.2) is 4.39 Å². The second-order valence-electron chi connectivity index (χ2n) is 2.57. The third-order valence-corrected chi connectivity index (χ3v) is 1.68. The highest BCUT2D eigenvalue weighted by atomic mass is 19.1. The first kappa shape index (κ1) is 9.13. The second-order valence-corrected chi connectivity index (χ2v) is 2.57. The fourth-order valence-corrected chi connectivity index (χ4v) is 1.01. The van der Waals surface area contributed by atoms with Gasteiger partial charge >= 0.3 is 0 Å². The standard InChI is InChI=1S/C9H13FN2/c1-2-11-5-3-8-4-6-12-7-9(8)10/h4,6-7,11H,2-3,5H2,1H3. The molecule has 1 heterocycles. The van der Waals surface area contributed by atoms with Crippen LogP contribution in [-0.2, 0) is 6.42 Å². The van der Waals surface area contributed by atoms with Crippen LogP contribution in [0.25, 0.3) is 0 Å². The van der Waals surface area contributed by atoms with Crippen molar-refractivity contribution in [1.82, 2.24) is 10.3 Å². The van der Waals surface area contributed by atoms with Gasteiger partial charge < -0.3 is 5.32 Å². The number of halogens is 1. The highest BCUT2D eigenvalue weighted by Gasteiger charge is 1.98. The Labute approximate surface area is 71.8 Å². The maximum absolute atomic E-state index is 12.9. The van der Waals surface area contributed by atoms with E-state index in [1.807, 2.05) is 6.92 Å². The monoisotopic (exact) mass is 168 g/mol. The van der Waals surface area contributed by atoms with Crippen molar-refractivity contribution >= 4 is 0 Å². The lowest BCUT2D eigenvalue weighted by Crippen LogP contribution is -2.16. The van der Waals surface area contributed by atoms with Crippen LogP contribution in [0.5, 0.6) is 0 Å². The highest BCUT2D eigenvalue weighted by molar-refractivity contribution is 5.12. The van der Waals surface area contributed by atoms with Crippen LogP contribution in [0.2, 0.25) is 0 Å². The Kier molecular flexibility index (Phi) is 3.67. The minimum atomic E-state index is -0.213. The van der Waals surface area contributed by atoms with Crippen molar-refractivity contribution in [3.63, 3.8) is 0 Å². The molecule has 0 spiro atoms. The molecule has 0 saturated carbocycles. The molecule has 0 unspecified atom stereocenters. The topological polar surface area (TPSA) is 24.9 Å². The molecule has 1 aromatic rings. The van der Waals surface area contributed by atoms with E-state index < -0.39 is 0 Å². The first-order valence-electron chi connectivity index (χ1n) is 4.13. The SMILES string of the molecule is CCNCCc1ccncc1F. The van der Waals surface area contributed by atoms with E-state index >= 15 is 0 Å². The summed E-state index contributed by atoms with van der Waals surface area (Å²) in [4.78, 5) is 3.68. The van der Waals surface area contributed by atoms with E-state index in [0.717, 1.165) is 25.1 Å². The van der Waals surface area contributed by atoms with Crippen LogP contribution >= 0.6 is 0 Å². The molecule has 12 heavy (non-hydrogen) atoms. The van der Waals surface area contributed by atoms with E-state index in [1.165, 1.54) is 6.20 Å². The van der Waals surface area contributed by atoms with Crippen LogP contribution < -0.4 is 5.32 Å². The molecule has 0 fully saturated rings. The van der Waals surface area contributed by atoms with Crippen molar-refractivity contribution in [3.8, 4) is 0 Å². The largest absolute Gasteiger partial charge is 0.317 e. The van der Waals surface area contributed by atoms with Crippen molar-refractivity contribution in [3.05, 3.63) is 29.8 Å². The molecule has 0 saturated heterocycles. The third kappa shape index (κ3) is 2.58. The van der Waals surface area contributed by atoms with Crippen LogP contribution in [0.3, 0.4) is 0 Å². The molecule has 0 radical (unpaired) electrons. The fraction of sp³-hybridized carbons (Fsp3) is 0.444. The van der Waals surface area contributed by atoms with Gasteiger partial charge in [0.2, 0.25) is 0 Å². The second kappa shape index (κ2) is 4.83.